The highest BCUT2D eigenvalue weighted by atomic mass is 16.5. The summed E-state index contributed by atoms with van der Waals surface area (Å²) in [4.78, 5) is 0. The summed E-state index contributed by atoms with van der Waals surface area (Å²) in [7, 11) is 3.31. The van der Waals surface area contributed by atoms with Gasteiger partial charge in [0, 0.05) is 6.54 Å². The molecule has 0 fully saturated rings. The van der Waals surface area contributed by atoms with Gasteiger partial charge in [0.1, 0.15) is 0 Å². The standard InChI is InChI=1S/C21H27NO4/c1-5-25-19-11-14-9-10-22-21(16(14)13-20(19)26-6-2)15-7-8-17(23-3)18(12-15)24-4/h7-8,11-13,21-22H,5-6,9-10H2,1-4H3. The van der Waals surface area contributed by atoms with Crippen molar-refractivity contribution in [1.82, 2.24) is 5.32 Å². The number of nitrogens with one attached hydrogen (secondary N) is 1. The summed E-state index contributed by atoms with van der Waals surface area (Å²) in [6, 6.07) is 10.4. The van der Waals surface area contributed by atoms with Gasteiger partial charge in [0.15, 0.2) is 23.0 Å². The Bertz CT molecular complexity index is 760. The molecule has 2 aromatic rings. The van der Waals surface area contributed by atoms with Crippen LogP contribution >= 0.6 is 0 Å². The lowest BCUT2D eigenvalue weighted by Crippen LogP contribution is -2.30. The van der Waals surface area contributed by atoms with Crippen molar-refractivity contribution in [2.75, 3.05) is 34.0 Å². The van der Waals surface area contributed by atoms with Gasteiger partial charge in [-0.15, -0.1) is 0 Å². The maximum Gasteiger partial charge on any atom is 0.161 e. The highest BCUT2D eigenvalue weighted by Crippen LogP contribution is 2.39. The van der Waals surface area contributed by atoms with Crippen LogP contribution in [0.25, 0.3) is 0 Å². The zero-order valence-electron chi connectivity index (χ0n) is 15.9. The molecule has 1 heterocycles. The van der Waals surface area contributed by atoms with E-state index in [-0.39, 0.29) is 6.04 Å². The Morgan fingerprint density at radius 1 is 0.885 bits per heavy atom. The van der Waals surface area contributed by atoms with Crippen LogP contribution in [0.4, 0.5) is 0 Å². The second-order valence-electron chi connectivity index (χ2n) is 6.12. The number of benzene rings is 2. The quantitative estimate of drug-likeness (QED) is 0.818. The van der Waals surface area contributed by atoms with E-state index in [1.165, 1.54) is 11.1 Å². The predicted octanol–water partition coefficient (Wildman–Crippen LogP) is 3.74. The van der Waals surface area contributed by atoms with Crippen LogP contribution < -0.4 is 24.3 Å². The molecular weight excluding hydrogens is 330 g/mol. The first-order valence-corrected chi connectivity index (χ1v) is 9.09. The van der Waals surface area contributed by atoms with Crippen LogP contribution in [0.3, 0.4) is 0 Å². The van der Waals surface area contributed by atoms with Crippen molar-refractivity contribution >= 4 is 0 Å². The average Bonchev–Trinajstić information content (AvgIpc) is 2.68. The van der Waals surface area contributed by atoms with Gasteiger partial charge >= 0.3 is 0 Å². The van der Waals surface area contributed by atoms with E-state index in [1.807, 2.05) is 26.0 Å². The molecule has 0 aromatic heterocycles. The van der Waals surface area contributed by atoms with Crippen molar-refractivity contribution in [2.24, 2.45) is 0 Å². The predicted molar refractivity (Wildman–Crippen MR) is 102 cm³/mol. The molecule has 0 saturated heterocycles. The fourth-order valence-electron chi connectivity index (χ4n) is 3.43. The van der Waals surface area contributed by atoms with Gasteiger partial charge in [-0.1, -0.05) is 6.07 Å². The molecular formula is C21H27NO4. The molecule has 2 aromatic carbocycles. The SMILES string of the molecule is CCOc1cc2c(cc1OCC)C(c1ccc(OC)c(OC)c1)NCC2. The maximum absolute atomic E-state index is 5.82. The molecule has 1 N–H and O–H groups in total. The first-order valence-electron chi connectivity index (χ1n) is 9.09. The molecule has 0 aliphatic carbocycles. The number of rotatable bonds is 7. The van der Waals surface area contributed by atoms with Gasteiger partial charge in [0.2, 0.25) is 0 Å². The third-order valence-corrected chi connectivity index (χ3v) is 4.60. The van der Waals surface area contributed by atoms with Crippen LogP contribution in [0.2, 0.25) is 0 Å². The minimum atomic E-state index is 0.0773. The van der Waals surface area contributed by atoms with E-state index in [1.54, 1.807) is 14.2 Å². The first kappa shape index (κ1) is 18.4. The lowest BCUT2D eigenvalue weighted by Gasteiger charge is -2.29. The van der Waals surface area contributed by atoms with E-state index in [0.717, 1.165) is 41.5 Å². The topological polar surface area (TPSA) is 49.0 Å². The molecule has 1 unspecified atom stereocenters. The van der Waals surface area contributed by atoms with Gasteiger partial charge in [-0.25, -0.2) is 0 Å². The highest BCUT2D eigenvalue weighted by molar-refractivity contribution is 5.53. The van der Waals surface area contributed by atoms with Gasteiger partial charge in [0.05, 0.1) is 33.5 Å². The third kappa shape index (κ3) is 3.58. The molecule has 140 valence electrons. The molecule has 0 spiro atoms. The summed E-state index contributed by atoms with van der Waals surface area (Å²) in [5.41, 5.74) is 3.64. The van der Waals surface area contributed by atoms with E-state index >= 15 is 0 Å². The molecule has 1 atom stereocenters. The summed E-state index contributed by atoms with van der Waals surface area (Å²) in [5, 5.41) is 3.61. The minimum absolute atomic E-state index is 0.0773. The smallest absolute Gasteiger partial charge is 0.161 e. The van der Waals surface area contributed by atoms with Crippen molar-refractivity contribution in [3.63, 3.8) is 0 Å². The minimum Gasteiger partial charge on any atom is -0.493 e. The van der Waals surface area contributed by atoms with Crippen LogP contribution in [0.1, 0.15) is 36.6 Å². The van der Waals surface area contributed by atoms with Gasteiger partial charge in [-0.3, -0.25) is 0 Å². The van der Waals surface area contributed by atoms with E-state index < -0.39 is 0 Å². The van der Waals surface area contributed by atoms with Gasteiger partial charge in [-0.05, 0) is 61.2 Å². The Hall–Kier alpha value is -2.40. The van der Waals surface area contributed by atoms with Crippen LogP contribution in [0.15, 0.2) is 30.3 Å². The largest absolute Gasteiger partial charge is 0.493 e. The molecule has 5 heteroatoms. The number of hydrogen-bond donors (Lipinski definition) is 1. The molecule has 0 saturated carbocycles. The van der Waals surface area contributed by atoms with Crippen LogP contribution in [-0.4, -0.2) is 34.0 Å². The fourth-order valence-corrected chi connectivity index (χ4v) is 3.43. The van der Waals surface area contributed by atoms with Crippen molar-refractivity contribution in [1.29, 1.82) is 0 Å². The Balaban J connectivity index is 2.04. The third-order valence-electron chi connectivity index (χ3n) is 4.60. The number of fused-ring (bicyclic) bond motifs is 1. The molecule has 0 radical (unpaired) electrons. The molecule has 1 aliphatic rings. The fraction of sp³-hybridized carbons (Fsp3) is 0.429. The van der Waals surface area contributed by atoms with Gasteiger partial charge in [0.25, 0.3) is 0 Å². The number of methoxy groups -OCH3 is 2. The summed E-state index contributed by atoms with van der Waals surface area (Å²) in [6.07, 6.45) is 0.964. The van der Waals surface area contributed by atoms with Crippen molar-refractivity contribution in [2.45, 2.75) is 26.3 Å². The van der Waals surface area contributed by atoms with E-state index in [2.05, 4.69) is 23.5 Å². The average molecular weight is 357 g/mol. The zero-order chi connectivity index (χ0) is 18.5. The van der Waals surface area contributed by atoms with Crippen LogP contribution in [0.5, 0.6) is 23.0 Å². The van der Waals surface area contributed by atoms with Crippen molar-refractivity contribution < 1.29 is 18.9 Å². The Morgan fingerprint density at radius 3 is 2.23 bits per heavy atom. The van der Waals surface area contributed by atoms with Gasteiger partial charge in [-0.2, -0.15) is 0 Å². The second kappa shape index (κ2) is 8.32. The Kier molecular flexibility index (Phi) is 5.89. The van der Waals surface area contributed by atoms with Crippen LogP contribution in [-0.2, 0) is 6.42 Å². The molecule has 0 amide bonds. The molecule has 26 heavy (non-hydrogen) atoms. The summed E-state index contributed by atoms with van der Waals surface area (Å²) >= 11 is 0. The number of ether oxygens (including phenoxy) is 4. The summed E-state index contributed by atoms with van der Waals surface area (Å²) < 4.78 is 22.4. The second-order valence-corrected chi connectivity index (χ2v) is 6.12. The molecule has 0 bridgehead atoms. The lowest BCUT2D eigenvalue weighted by atomic mass is 9.89. The number of hydrogen-bond acceptors (Lipinski definition) is 5. The molecule has 1 aliphatic heterocycles. The molecule has 3 rings (SSSR count). The highest BCUT2D eigenvalue weighted by Gasteiger charge is 2.25. The van der Waals surface area contributed by atoms with Crippen molar-refractivity contribution in [3.8, 4) is 23.0 Å². The van der Waals surface area contributed by atoms with Gasteiger partial charge < -0.3 is 24.3 Å². The van der Waals surface area contributed by atoms with Crippen molar-refractivity contribution in [3.05, 3.63) is 47.0 Å². The zero-order valence-corrected chi connectivity index (χ0v) is 15.9. The van der Waals surface area contributed by atoms with E-state index in [9.17, 15) is 0 Å². The first-order chi connectivity index (χ1) is 12.7. The van der Waals surface area contributed by atoms with E-state index in [0.29, 0.717) is 13.2 Å². The summed E-state index contributed by atoms with van der Waals surface area (Å²) in [6.45, 7) is 6.11. The molecule has 5 nitrogen and oxygen atoms in total. The van der Waals surface area contributed by atoms with Crippen LogP contribution in [0, 0.1) is 0 Å². The lowest BCUT2D eigenvalue weighted by molar-refractivity contribution is 0.286. The Labute approximate surface area is 155 Å². The summed E-state index contributed by atoms with van der Waals surface area (Å²) in [5.74, 6) is 3.08. The monoisotopic (exact) mass is 357 g/mol. The van der Waals surface area contributed by atoms with E-state index in [4.69, 9.17) is 18.9 Å². The normalized spacial score (nSPS) is 15.9. The maximum atomic E-state index is 5.82. The Morgan fingerprint density at radius 2 is 1.58 bits per heavy atom.